The minimum Gasteiger partial charge on any atom is -0.398 e. The number of nitrogens with one attached hydrogen (secondary N) is 1. The minimum atomic E-state index is -0.433. The van der Waals surface area contributed by atoms with Crippen molar-refractivity contribution < 1.29 is 9.18 Å². The fourth-order valence-corrected chi connectivity index (χ4v) is 3.35. The van der Waals surface area contributed by atoms with E-state index in [1.807, 2.05) is 11.8 Å². The molecule has 1 atom stereocenters. The summed E-state index contributed by atoms with van der Waals surface area (Å²) in [4.78, 5) is 12.0. The quantitative estimate of drug-likeness (QED) is 0.838. The van der Waals surface area contributed by atoms with Crippen LogP contribution >= 0.6 is 11.8 Å². The molecule has 0 aliphatic carbocycles. The van der Waals surface area contributed by atoms with E-state index in [0.717, 1.165) is 12.2 Å². The van der Waals surface area contributed by atoms with Crippen LogP contribution in [0.3, 0.4) is 0 Å². The van der Waals surface area contributed by atoms with Crippen LogP contribution in [-0.2, 0) is 0 Å². The van der Waals surface area contributed by atoms with Crippen LogP contribution in [0.2, 0.25) is 0 Å². The fraction of sp³-hybridized carbons (Fsp3) is 0.500. The van der Waals surface area contributed by atoms with Crippen LogP contribution in [0.15, 0.2) is 12.1 Å². The number of hydrogen-bond acceptors (Lipinski definition) is 3. The van der Waals surface area contributed by atoms with Gasteiger partial charge in [-0.15, -0.1) is 0 Å². The van der Waals surface area contributed by atoms with Crippen LogP contribution in [0.5, 0.6) is 0 Å². The molecule has 19 heavy (non-hydrogen) atoms. The van der Waals surface area contributed by atoms with Crippen LogP contribution < -0.4 is 11.1 Å². The van der Waals surface area contributed by atoms with E-state index in [4.69, 9.17) is 5.73 Å². The Balaban J connectivity index is 1.96. The van der Waals surface area contributed by atoms with Crippen LogP contribution in [0.4, 0.5) is 10.1 Å². The van der Waals surface area contributed by atoms with Gasteiger partial charge < -0.3 is 11.1 Å². The average molecular weight is 282 g/mol. The molecule has 1 amide bonds. The van der Waals surface area contributed by atoms with E-state index in [1.165, 1.54) is 25.0 Å². The number of carbonyl (C=O) groups is 1. The van der Waals surface area contributed by atoms with E-state index in [2.05, 4.69) is 5.32 Å². The molecule has 0 spiro atoms. The summed E-state index contributed by atoms with van der Waals surface area (Å²) in [6.07, 6.45) is 3.61. The highest BCUT2D eigenvalue weighted by Crippen LogP contribution is 2.24. The molecule has 1 aliphatic heterocycles. The third-order valence-electron chi connectivity index (χ3n) is 3.41. The highest BCUT2D eigenvalue weighted by atomic mass is 32.2. The predicted octanol–water partition coefficient (Wildman–Crippen LogP) is 2.73. The van der Waals surface area contributed by atoms with Gasteiger partial charge in [0, 0.05) is 28.6 Å². The van der Waals surface area contributed by atoms with Crippen molar-refractivity contribution in [3.05, 3.63) is 29.1 Å². The Bertz CT molecular complexity index is 450. The molecule has 1 saturated heterocycles. The number of benzene rings is 1. The normalized spacial score (nSPS) is 19.2. The Hall–Kier alpha value is -1.23. The van der Waals surface area contributed by atoms with Crippen molar-refractivity contribution in [3.63, 3.8) is 0 Å². The number of anilines is 1. The average Bonchev–Trinajstić information content (AvgIpc) is 2.42. The van der Waals surface area contributed by atoms with E-state index < -0.39 is 5.82 Å². The zero-order chi connectivity index (χ0) is 13.8. The van der Waals surface area contributed by atoms with Gasteiger partial charge in [0.1, 0.15) is 5.82 Å². The monoisotopic (exact) mass is 282 g/mol. The van der Waals surface area contributed by atoms with Crippen molar-refractivity contribution in [2.24, 2.45) is 0 Å². The van der Waals surface area contributed by atoms with Crippen LogP contribution in [0.1, 0.15) is 35.2 Å². The lowest BCUT2D eigenvalue weighted by Crippen LogP contribution is -2.32. The molecule has 0 bridgehead atoms. The number of hydrogen-bond donors (Lipinski definition) is 2. The molecule has 0 radical (unpaired) electrons. The minimum absolute atomic E-state index is 0.253. The Morgan fingerprint density at radius 2 is 2.32 bits per heavy atom. The Morgan fingerprint density at radius 3 is 2.95 bits per heavy atom. The van der Waals surface area contributed by atoms with Gasteiger partial charge in [-0.25, -0.2) is 4.39 Å². The summed E-state index contributed by atoms with van der Waals surface area (Å²) in [5.74, 6) is 0.473. The van der Waals surface area contributed by atoms with Crippen molar-refractivity contribution in [3.8, 4) is 0 Å². The third kappa shape index (κ3) is 3.62. The van der Waals surface area contributed by atoms with Crippen LogP contribution in [0.25, 0.3) is 0 Å². The molecule has 1 aliphatic rings. The smallest absolute Gasteiger partial charge is 0.251 e. The van der Waals surface area contributed by atoms with E-state index >= 15 is 0 Å². The molecule has 1 aromatic rings. The second-order valence-electron chi connectivity index (χ2n) is 4.87. The number of thioether (sulfide) groups is 1. The number of rotatable bonds is 3. The van der Waals surface area contributed by atoms with Gasteiger partial charge in [0.15, 0.2) is 0 Å². The lowest BCUT2D eigenvalue weighted by Gasteiger charge is -2.21. The number of nitrogen functional groups attached to an aromatic ring is 1. The number of halogens is 1. The molecule has 1 unspecified atom stereocenters. The Kier molecular flexibility index (Phi) is 4.69. The van der Waals surface area contributed by atoms with E-state index in [-0.39, 0.29) is 5.91 Å². The molecule has 0 aromatic heterocycles. The maximum absolute atomic E-state index is 13.5. The molecular weight excluding hydrogens is 263 g/mol. The standard InChI is InChI=1S/C14H19FN2OS/c1-9-12(15)6-10(7-13(9)16)14(18)17-8-11-4-2-3-5-19-11/h6-7,11H,2-5,8,16H2,1H3,(H,17,18). The summed E-state index contributed by atoms with van der Waals surface area (Å²) in [6.45, 7) is 2.24. The number of amides is 1. The molecule has 104 valence electrons. The van der Waals surface area contributed by atoms with Crippen LogP contribution in [-0.4, -0.2) is 23.5 Å². The van der Waals surface area contributed by atoms with Crippen molar-refractivity contribution in [2.45, 2.75) is 31.4 Å². The SMILES string of the molecule is Cc1c(N)cc(C(=O)NCC2CCCCS2)cc1F. The van der Waals surface area contributed by atoms with Crippen molar-refractivity contribution in [1.82, 2.24) is 5.32 Å². The van der Waals surface area contributed by atoms with Gasteiger partial charge in [-0.05, 0) is 37.7 Å². The maximum Gasteiger partial charge on any atom is 0.251 e. The molecule has 3 N–H and O–H groups in total. The van der Waals surface area contributed by atoms with Gasteiger partial charge in [0.2, 0.25) is 0 Å². The first-order valence-corrected chi connectivity index (χ1v) is 7.58. The first-order valence-electron chi connectivity index (χ1n) is 6.53. The molecule has 3 nitrogen and oxygen atoms in total. The van der Waals surface area contributed by atoms with Gasteiger partial charge in [-0.3, -0.25) is 4.79 Å². The topological polar surface area (TPSA) is 55.1 Å². The summed E-state index contributed by atoms with van der Waals surface area (Å²) in [5.41, 5.74) is 6.67. The summed E-state index contributed by atoms with van der Waals surface area (Å²) in [6, 6.07) is 2.77. The second kappa shape index (κ2) is 6.28. The lowest BCUT2D eigenvalue weighted by molar-refractivity contribution is 0.0953. The summed E-state index contributed by atoms with van der Waals surface area (Å²) in [5, 5.41) is 3.34. The predicted molar refractivity (Wildman–Crippen MR) is 78.0 cm³/mol. The second-order valence-corrected chi connectivity index (χ2v) is 6.28. The van der Waals surface area contributed by atoms with Gasteiger partial charge in [-0.1, -0.05) is 6.42 Å². The zero-order valence-corrected chi connectivity index (χ0v) is 11.9. The van der Waals surface area contributed by atoms with Gasteiger partial charge >= 0.3 is 0 Å². The van der Waals surface area contributed by atoms with Crippen molar-refractivity contribution in [1.29, 1.82) is 0 Å². The molecule has 1 aromatic carbocycles. The largest absolute Gasteiger partial charge is 0.398 e. The number of carbonyl (C=O) groups excluding carboxylic acids is 1. The summed E-state index contributed by atoms with van der Waals surface area (Å²) >= 11 is 1.90. The van der Waals surface area contributed by atoms with Crippen molar-refractivity contribution in [2.75, 3.05) is 18.0 Å². The maximum atomic E-state index is 13.5. The summed E-state index contributed by atoms with van der Waals surface area (Å²) < 4.78 is 13.5. The van der Waals surface area contributed by atoms with Gasteiger partial charge in [0.05, 0.1) is 0 Å². The molecule has 1 heterocycles. The van der Waals surface area contributed by atoms with Gasteiger partial charge in [-0.2, -0.15) is 11.8 Å². The van der Waals surface area contributed by atoms with Crippen LogP contribution in [0, 0.1) is 12.7 Å². The highest BCUT2D eigenvalue weighted by Gasteiger charge is 2.16. The van der Waals surface area contributed by atoms with E-state index in [1.54, 1.807) is 6.92 Å². The fourth-order valence-electron chi connectivity index (χ4n) is 2.11. The molecule has 1 fully saturated rings. The van der Waals surface area contributed by atoms with Crippen molar-refractivity contribution >= 4 is 23.4 Å². The third-order valence-corrected chi connectivity index (χ3v) is 4.81. The molecular formula is C14H19FN2OS. The zero-order valence-electron chi connectivity index (χ0n) is 11.0. The van der Waals surface area contributed by atoms with E-state index in [9.17, 15) is 9.18 Å². The van der Waals surface area contributed by atoms with E-state index in [0.29, 0.717) is 28.6 Å². The lowest BCUT2D eigenvalue weighted by atomic mass is 10.1. The number of nitrogens with two attached hydrogens (primary N) is 1. The molecule has 0 saturated carbocycles. The molecule has 5 heteroatoms. The molecule has 2 rings (SSSR count). The Labute approximate surface area is 117 Å². The Morgan fingerprint density at radius 1 is 1.53 bits per heavy atom. The first-order chi connectivity index (χ1) is 9.08. The summed E-state index contributed by atoms with van der Waals surface area (Å²) in [7, 11) is 0. The first kappa shape index (κ1) is 14.2. The highest BCUT2D eigenvalue weighted by molar-refractivity contribution is 7.99. The van der Waals surface area contributed by atoms with Gasteiger partial charge in [0.25, 0.3) is 5.91 Å².